The van der Waals surface area contributed by atoms with Gasteiger partial charge in [0.2, 0.25) is 0 Å². The van der Waals surface area contributed by atoms with Crippen molar-refractivity contribution in [3.63, 3.8) is 0 Å². The van der Waals surface area contributed by atoms with Gasteiger partial charge >= 0.3 is 6.09 Å². The molecule has 2 rings (SSSR count). The van der Waals surface area contributed by atoms with E-state index in [9.17, 15) is 9.59 Å². The first kappa shape index (κ1) is 16.5. The number of benzene rings is 1. The third-order valence-corrected chi connectivity index (χ3v) is 3.69. The average molecular weight is 304 g/mol. The van der Waals surface area contributed by atoms with E-state index in [1.807, 2.05) is 38.1 Å². The van der Waals surface area contributed by atoms with Crippen LogP contribution in [0.5, 0.6) is 0 Å². The highest BCUT2D eigenvalue weighted by Gasteiger charge is 2.22. The van der Waals surface area contributed by atoms with Crippen LogP contribution in [0.15, 0.2) is 24.3 Å². The second kappa shape index (κ2) is 7.94. The summed E-state index contributed by atoms with van der Waals surface area (Å²) in [6.45, 7) is 8.45. The van der Waals surface area contributed by atoms with Crippen LogP contribution in [0.1, 0.15) is 29.8 Å². The zero-order valence-corrected chi connectivity index (χ0v) is 13.3. The normalized spacial score (nSPS) is 15.9. The highest BCUT2D eigenvalue weighted by molar-refractivity contribution is 5.74. The highest BCUT2D eigenvalue weighted by Crippen LogP contribution is 2.10. The minimum atomic E-state index is -0.205. The number of piperazine rings is 1. The van der Waals surface area contributed by atoms with Crippen LogP contribution in [0.25, 0.3) is 0 Å². The molecule has 1 aliphatic heterocycles. The maximum Gasteiger partial charge on any atom is 0.409 e. The summed E-state index contributed by atoms with van der Waals surface area (Å²) >= 11 is 0. The Kier molecular flexibility index (Phi) is 5.95. The monoisotopic (exact) mass is 304 g/mol. The molecular weight excluding hydrogens is 280 g/mol. The third kappa shape index (κ3) is 4.84. The van der Waals surface area contributed by atoms with Crippen LogP contribution in [0.4, 0.5) is 4.79 Å². The van der Waals surface area contributed by atoms with Gasteiger partial charge in [-0.15, -0.1) is 0 Å². The quantitative estimate of drug-likeness (QED) is 0.784. The lowest BCUT2D eigenvalue weighted by atomic mass is 10.1. The van der Waals surface area contributed by atoms with E-state index in [0.717, 1.165) is 25.9 Å². The minimum absolute atomic E-state index is 0.205. The average Bonchev–Trinajstić information content (AvgIpc) is 2.54. The van der Waals surface area contributed by atoms with Crippen molar-refractivity contribution >= 4 is 12.4 Å². The smallest absolute Gasteiger partial charge is 0.409 e. The zero-order chi connectivity index (χ0) is 15.9. The Morgan fingerprint density at radius 2 is 1.82 bits per heavy atom. The van der Waals surface area contributed by atoms with Gasteiger partial charge in [0.1, 0.15) is 6.29 Å². The van der Waals surface area contributed by atoms with Gasteiger partial charge in [0.25, 0.3) is 0 Å². The molecule has 1 fully saturated rings. The lowest BCUT2D eigenvalue weighted by Gasteiger charge is -2.34. The summed E-state index contributed by atoms with van der Waals surface area (Å²) in [5.41, 5.74) is 1.88. The summed E-state index contributed by atoms with van der Waals surface area (Å²) < 4.78 is 5.26. The zero-order valence-electron chi connectivity index (χ0n) is 13.3. The van der Waals surface area contributed by atoms with Gasteiger partial charge in [-0.1, -0.05) is 38.1 Å². The van der Waals surface area contributed by atoms with Crippen molar-refractivity contribution in [2.75, 3.05) is 32.8 Å². The van der Waals surface area contributed by atoms with E-state index in [1.54, 1.807) is 4.90 Å². The number of amides is 1. The standard InChI is InChI=1S/C17H24N2O3/c1-14(2)13-22-17(21)19-9-7-18(8-10-19)11-15-3-5-16(12-20)6-4-15/h3-6,12,14H,7-11,13H2,1-2H3. The fraction of sp³-hybridized carbons (Fsp3) is 0.529. The lowest BCUT2D eigenvalue weighted by Crippen LogP contribution is -2.48. The summed E-state index contributed by atoms with van der Waals surface area (Å²) in [6, 6.07) is 7.63. The number of carbonyl (C=O) groups is 2. The molecule has 0 aromatic heterocycles. The van der Waals surface area contributed by atoms with Gasteiger partial charge in [0, 0.05) is 38.3 Å². The van der Waals surface area contributed by atoms with Gasteiger partial charge in [0.05, 0.1) is 6.61 Å². The fourth-order valence-corrected chi connectivity index (χ4v) is 2.38. The van der Waals surface area contributed by atoms with Crippen molar-refractivity contribution in [3.8, 4) is 0 Å². The largest absolute Gasteiger partial charge is 0.449 e. The molecule has 22 heavy (non-hydrogen) atoms. The SMILES string of the molecule is CC(C)COC(=O)N1CCN(Cc2ccc(C=O)cc2)CC1. The van der Waals surface area contributed by atoms with E-state index in [4.69, 9.17) is 4.74 Å². The first-order chi connectivity index (χ1) is 10.6. The molecule has 5 nitrogen and oxygen atoms in total. The van der Waals surface area contributed by atoms with Gasteiger partial charge < -0.3 is 9.64 Å². The molecule has 1 amide bonds. The van der Waals surface area contributed by atoms with E-state index in [1.165, 1.54) is 5.56 Å². The lowest BCUT2D eigenvalue weighted by molar-refractivity contribution is 0.0676. The van der Waals surface area contributed by atoms with E-state index in [-0.39, 0.29) is 6.09 Å². The molecule has 0 radical (unpaired) electrons. The van der Waals surface area contributed by atoms with Crippen LogP contribution in [-0.4, -0.2) is 55.0 Å². The van der Waals surface area contributed by atoms with Crippen molar-refractivity contribution in [2.24, 2.45) is 5.92 Å². The molecule has 0 spiro atoms. The number of rotatable bonds is 5. The summed E-state index contributed by atoms with van der Waals surface area (Å²) in [5, 5.41) is 0. The van der Waals surface area contributed by atoms with Gasteiger partial charge in [-0.3, -0.25) is 9.69 Å². The maximum atomic E-state index is 11.9. The molecule has 0 unspecified atom stereocenters. The molecule has 1 saturated heterocycles. The Hall–Kier alpha value is -1.88. The Labute approximate surface area is 131 Å². The van der Waals surface area contributed by atoms with Crippen LogP contribution in [-0.2, 0) is 11.3 Å². The van der Waals surface area contributed by atoms with Gasteiger partial charge in [-0.05, 0) is 11.5 Å². The van der Waals surface area contributed by atoms with Crippen LogP contribution in [0, 0.1) is 5.92 Å². The number of ether oxygens (including phenoxy) is 1. The van der Waals surface area contributed by atoms with Crippen LogP contribution in [0.2, 0.25) is 0 Å². The van der Waals surface area contributed by atoms with Crippen molar-refractivity contribution in [1.82, 2.24) is 9.80 Å². The van der Waals surface area contributed by atoms with Gasteiger partial charge in [-0.25, -0.2) is 4.79 Å². The summed E-state index contributed by atoms with van der Waals surface area (Å²) in [7, 11) is 0. The number of nitrogens with zero attached hydrogens (tertiary/aromatic N) is 2. The molecule has 1 aromatic carbocycles. The summed E-state index contributed by atoms with van der Waals surface area (Å²) in [5.74, 6) is 0.361. The molecule has 1 aromatic rings. The van der Waals surface area contributed by atoms with Crippen molar-refractivity contribution in [1.29, 1.82) is 0 Å². The molecule has 0 aliphatic carbocycles. The second-order valence-electron chi connectivity index (χ2n) is 6.09. The molecule has 0 atom stereocenters. The van der Waals surface area contributed by atoms with E-state index < -0.39 is 0 Å². The minimum Gasteiger partial charge on any atom is -0.449 e. The summed E-state index contributed by atoms with van der Waals surface area (Å²) in [6.07, 6.45) is 0.648. The molecule has 0 saturated carbocycles. The number of carbonyl (C=O) groups excluding carboxylic acids is 2. The molecule has 120 valence electrons. The molecular formula is C17H24N2O3. The summed E-state index contributed by atoms with van der Waals surface area (Å²) in [4.78, 5) is 26.6. The van der Waals surface area contributed by atoms with Crippen molar-refractivity contribution in [3.05, 3.63) is 35.4 Å². The Morgan fingerprint density at radius 3 is 2.36 bits per heavy atom. The number of aldehydes is 1. The predicted molar refractivity (Wildman–Crippen MR) is 84.9 cm³/mol. The molecule has 1 aliphatic rings. The molecule has 0 N–H and O–H groups in total. The van der Waals surface area contributed by atoms with Crippen LogP contribution >= 0.6 is 0 Å². The van der Waals surface area contributed by atoms with E-state index in [0.29, 0.717) is 31.2 Å². The van der Waals surface area contributed by atoms with E-state index >= 15 is 0 Å². The van der Waals surface area contributed by atoms with Gasteiger partial charge in [0.15, 0.2) is 0 Å². The van der Waals surface area contributed by atoms with Crippen molar-refractivity contribution in [2.45, 2.75) is 20.4 Å². The van der Waals surface area contributed by atoms with Crippen LogP contribution < -0.4 is 0 Å². The topological polar surface area (TPSA) is 49.9 Å². The molecule has 5 heteroatoms. The first-order valence-electron chi connectivity index (χ1n) is 7.76. The van der Waals surface area contributed by atoms with Crippen molar-refractivity contribution < 1.29 is 14.3 Å². The van der Waals surface area contributed by atoms with Crippen LogP contribution in [0.3, 0.4) is 0 Å². The number of hydrogen-bond donors (Lipinski definition) is 0. The third-order valence-electron chi connectivity index (χ3n) is 3.69. The molecule has 0 bridgehead atoms. The Morgan fingerprint density at radius 1 is 1.18 bits per heavy atom. The van der Waals surface area contributed by atoms with E-state index in [2.05, 4.69) is 4.90 Å². The second-order valence-corrected chi connectivity index (χ2v) is 6.09. The number of hydrogen-bond acceptors (Lipinski definition) is 4. The predicted octanol–water partition coefficient (Wildman–Crippen LogP) is 2.41. The van der Waals surface area contributed by atoms with Gasteiger partial charge in [-0.2, -0.15) is 0 Å². The molecule has 1 heterocycles. The first-order valence-corrected chi connectivity index (χ1v) is 7.76. The Bertz CT molecular complexity index is 491. The highest BCUT2D eigenvalue weighted by atomic mass is 16.6. The maximum absolute atomic E-state index is 11.9. The Balaban J connectivity index is 1.76. The fourth-order valence-electron chi connectivity index (χ4n) is 2.38.